The van der Waals surface area contributed by atoms with E-state index in [2.05, 4.69) is 20.2 Å². The monoisotopic (exact) mass is 397 g/mol. The van der Waals surface area contributed by atoms with E-state index in [1.54, 1.807) is 24.5 Å². The van der Waals surface area contributed by atoms with Crippen LogP contribution in [-0.2, 0) is 17.8 Å². The number of hydrogen-bond acceptors (Lipinski definition) is 8. The number of para-hydroxylation sites is 1. The number of benzene rings is 1. The number of ether oxygens (including phenoxy) is 1. The Bertz CT molecular complexity index is 1110. The molecule has 0 saturated carbocycles. The lowest BCUT2D eigenvalue weighted by Gasteiger charge is -2.19. The SMILES string of the molecule is COCCN(Cc1nc2ccccc2c(=O)[nH]1)Cc1nnc(-c2cccs2)o1. The Hall–Kier alpha value is -2.88. The third-order valence-corrected chi connectivity index (χ3v) is 5.06. The van der Waals surface area contributed by atoms with Gasteiger partial charge in [0, 0.05) is 13.7 Å². The maximum atomic E-state index is 12.3. The molecule has 1 aromatic carbocycles. The zero-order valence-corrected chi connectivity index (χ0v) is 16.1. The van der Waals surface area contributed by atoms with Gasteiger partial charge in [0.05, 0.1) is 35.5 Å². The molecule has 0 aliphatic rings. The molecule has 28 heavy (non-hydrogen) atoms. The van der Waals surface area contributed by atoms with E-state index in [1.807, 2.05) is 40.6 Å². The van der Waals surface area contributed by atoms with Crippen molar-refractivity contribution in [2.45, 2.75) is 13.1 Å². The van der Waals surface area contributed by atoms with Crippen LogP contribution in [0.15, 0.2) is 51.0 Å². The first-order valence-corrected chi connectivity index (χ1v) is 9.66. The van der Waals surface area contributed by atoms with E-state index < -0.39 is 0 Å². The van der Waals surface area contributed by atoms with Crippen molar-refractivity contribution in [1.29, 1.82) is 0 Å². The molecule has 4 aromatic rings. The molecule has 0 radical (unpaired) electrons. The standard InChI is InChI=1S/C19H19N5O3S/c1-26-9-8-24(12-17-22-23-19(27-17)15-7-4-10-28-15)11-16-20-14-6-3-2-5-13(14)18(25)21-16/h2-7,10H,8-9,11-12H2,1H3,(H,20,21,25). The van der Waals surface area contributed by atoms with Gasteiger partial charge in [-0.3, -0.25) is 9.69 Å². The van der Waals surface area contributed by atoms with Crippen LogP contribution in [0, 0.1) is 0 Å². The van der Waals surface area contributed by atoms with Crippen LogP contribution in [0.5, 0.6) is 0 Å². The number of nitrogens with one attached hydrogen (secondary N) is 1. The van der Waals surface area contributed by atoms with Crippen molar-refractivity contribution in [3.63, 3.8) is 0 Å². The normalized spacial score (nSPS) is 11.5. The molecule has 0 fully saturated rings. The van der Waals surface area contributed by atoms with Crippen LogP contribution >= 0.6 is 11.3 Å². The largest absolute Gasteiger partial charge is 0.419 e. The third kappa shape index (κ3) is 4.16. The van der Waals surface area contributed by atoms with Crippen LogP contribution in [-0.4, -0.2) is 45.3 Å². The lowest BCUT2D eigenvalue weighted by atomic mass is 10.2. The van der Waals surface area contributed by atoms with Crippen LogP contribution in [0.3, 0.4) is 0 Å². The molecule has 144 valence electrons. The summed E-state index contributed by atoms with van der Waals surface area (Å²) in [6.45, 7) is 2.02. The average Bonchev–Trinajstić information content (AvgIpc) is 3.38. The highest BCUT2D eigenvalue weighted by Crippen LogP contribution is 2.23. The maximum absolute atomic E-state index is 12.3. The number of nitrogens with zero attached hydrogens (tertiary/aromatic N) is 4. The van der Waals surface area contributed by atoms with E-state index in [0.717, 1.165) is 4.88 Å². The van der Waals surface area contributed by atoms with Gasteiger partial charge in [-0.25, -0.2) is 4.98 Å². The van der Waals surface area contributed by atoms with E-state index in [0.29, 0.717) is 54.7 Å². The predicted molar refractivity (Wildman–Crippen MR) is 106 cm³/mol. The van der Waals surface area contributed by atoms with Gasteiger partial charge in [-0.2, -0.15) is 0 Å². The second-order valence-electron chi connectivity index (χ2n) is 6.21. The molecule has 8 nitrogen and oxygen atoms in total. The number of methoxy groups -OCH3 is 1. The van der Waals surface area contributed by atoms with Crippen LogP contribution < -0.4 is 5.56 Å². The average molecular weight is 397 g/mol. The highest BCUT2D eigenvalue weighted by Gasteiger charge is 2.15. The number of hydrogen-bond donors (Lipinski definition) is 1. The van der Waals surface area contributed by atoms with Crippen molar-refractivity contribution < 1.29 is 9.15 Å². The summed E-state index contributed by atoms with van der Waals surface area (Å²) in [6, 6.07) is 11.2. The van der Waals surface area contributed by atoms with Crippen LogP contribution in [0.4, 0.5) is 0 Å². The van der Waals surface area contributed by atoms with Gasteiger partial charge in [0.2, 0.25) is 5.89 Å². The van der Waals surface area contributed by atoms with Crippen LogP contribution in [0.25, 0.3) is 21.7 Å². The fourth-order valence-corrected chi connectivity index (χ4v) is 3.51. The molecule has 0 atom stereocenters. The van der Waals surface area contributed by atoms with Crippen LogP contribution in [0.2, 0.25) is 0 Å². The van der Waals surface area contributed by atoms with Gasteiger partial charge < -0.3 is 14.1 Å². The molecule has 9 heteroatoms. The zero-order chi connectivity index (χ0) is 19.3. The highest BCUT2D eigenvalue weighted by molar-refractivity contribution is 7.13. The number of H-pyrrole nitrogens is 1. The second-order valence-corrected chi connectivity index (χ2v) is 7.16. The summed E-state index contributed by atoms with van der Waals surface area (Å²) in [6.07, 6.45) is 0. The Balaban J connectivity index is 1.54. The topological polar surface area (TPSA) is 97.1 Å². The lowest BCUT2D eigenvalue weighted by molar-refractivity contribution is 0.132. The van der Waals surface area contributed by atoms with Crippen molar-refractivity contribution in [3.05, 3.63) is 63.8 Å². The van der Waals surface area contributed by atoms with E-state index in [1.165, 1.54) is 0 Å². The van der Waals surface area contributed by atoms with Gasteiger partial charge in [0.15, 0.2) is 0 Å². The molecule has 0 unspecified atom stereocenters. The van der Waals surface area contributed by atoms with E-state index >= 15 is 0 Å². The van der Waals surface area contributed by atoms with Gasteiger partial charge in [-0.05, 0) is 23.6 Å². The fourth-order valence-electron chi connectivity index (χ4n) is 2.86. The summed E-state index contributed by atoms with van der Waals surface area (Å²) in [4.78, 5) is 22.7. The third-order valence-electron chi connectivity index (χ3n) is 4.20. The molecule has 0 saturated heterocycles. The minimum atomic E-state index is -0.148. The first-order chi connectivity index (χ1) is 13.7. The summed E-state index contributed by atoms with van der Waals surface area (Å²) in [7, 11) is 1.65. The van der Waals surface area contributed by atoms with Crippen molar-refractivity contribution >= 4 is 22.2 Å². The lowest BCUT2D eigenvalue weighted by Crippen LogP contribution is -2.29. The first-order valence-electron chi connectivity index (χ1n) is 8.78. The molecular weight excluding hydrogens is 378 g/mol. The number of thiophene rings is 1. The number of aromatic nitrogens is 4. The summed E-state index contributed by atoms with van der Waals surface area (Å²) < 4.78 is 11.0. The molecule has 3 heterocycles. The summed E-state index contributed by atoms with van der Waals surface area (Å²) in [5.41, 5.74) is 0.524. The molecule has 0 aliphatic carbocycles. The Morgan fingerprint density at radius 2 is 2.07 bits per heavy atom. The predicted octanol–water partition coefficient (Wildman–Crippen LogP) is 2.68. The molecule has 0 amide bonds. The Kier molecular flexibility index (Phi) is 5.56. The van der Waals surface area contributed by atoms with Gasteiger partial charge in [0.1, 0.15) is 5.82 Å². The van der Waals surface area contributed by atoms with Gasteiger partial charge >= 0.3 is 0 Å². The smallest absolute Gasteiger partial charge is 0.258 e. The van der Waals surface area contributed by atoms with Gasteiger partial charge in [0.25, 0.3) is 11.4 Å². The molecule has 1 N–H and O–H groups in total. The summed E-state index contributed by atoms with van der Waals surface area (Å²) in [5.74, 6) is 1.59. The van der Waals surface area contributed by atoms with Crippen molar-refractivity contribution in [2.75, 3.05) is 20.3 Å². The number of fused-ring (bicyclic) bond motifs is 1. The molecular formula is C19H19N5O3S. The van der Waals surface area contributed by atoms with Gasteiger partial charge in [-0.15, -0.1) is 21.5 Å². The number of rotatable bonds is 8. The van der Waals surface area contributed by atoms with Gasteiger partial charge in [-0.1, -0.05) is 18.2 Å². The molecule has 3 aromatic heterocycles. The quantitative estimate of drug-likeness (QED) is 0.488. The highest BCUT2D eigenvalue weighted by atomic mass is 32.1. The molecule has 0 bridgehead atoms. The summed E-state index contributed by atoms with van der Waals surface area (Å²) >= 11 is 1.55. The first kappa shape index (κ1) is 18.5. The fraction of sp³-hybridized carbons (Fsp3) is 0.263. The van der Waals surface area contributed by atoms with Crippen molar-refractivity contribution in [3.8, 4) is 10.8 Å². The molecule has 0 spiro atoms. The minimum Gasteiger partial charge on any atom is -0.419 e. The zero-order valence-electron chi connectivity index (χ0n) is 15.3. The van der Waals surface area contributed by atoms with E-state index in [4.69, 9.17) is 9.15 Å². The Morgan fingerprint density at radius 3 is 2.89 bits per heavy atom. The second kappa shape index (κ2) is 8.42. The van der Waals surface area contributed by atoms with E-state index in [9.17, 15) is 4.79 Å². The Morgan fingerprint density at radius 1 is 1.18 bits per heavy atom. The van der Waals surface area contributed by atoms with Crippen molar-refractivity contribution in [2.24, 2.45) is 0 Å². The summed E-state index contributed by atoms with van der Waals surface area (Å²) in [5, 5.41) is 10.8. The molecule has 0 aliphatic heterocycles. The Labute approximate surface area is 164 Å². The maximum Gasteiger partial charge on any atom is 0.258 e. The minimum absolute atomic E-state index is 0.148. The van der Waals surface area contributed by atoms with Crippen LogP contribution in [0.1, 0.15) is 11.7 Å². The van der Waals surface area contributed by atoms with Crippen molar-refractivity contribution in [1.82, 2.24) is 25.1 Å². The van der Waals surface area contributed by atoms with E-state index in [-0.39, 0.29) is 5.56 Å². The molecule has 4 rings (SSSR count). The number of aromatic amines is 1.